The molecule has 1 aromatic carbocycles. The second-order valence-electron chi connectivity index (χ2n) is 4.57. The Morgan fingerprint density at radius 2 is 2.06 bits per heavy atom. The van der Waals surface area contributed by atoms with E-state index < -0.39 is 0 Å². The Morgan fingerprint density at radius 1 is 1.35 bits per heavy atom. The van der Waals surface area contributed by atoms with Gasteiger partial charge in [0.1, 0.15) is 0 Å². The molecule has 1 nitrogen and oxygen atoms in total. The van der Waals surface area contributed by atoms with Crippen LogP contribution in [0.5, 0.6) is 0 Å². The summed E-state index contributed by atoms with van der Waals surface area (Å²) in [5.74, 6) is 0.538. The Hall–Kier alpha value is -0.790. The summed E-state index contributed by atoms with van der Waals surface area (Å²) in [6, 6.07) is 7.98. The van der Waals surface area contributed by atoms with Crippen LogP contribution >= 0.6 is 11.6 Å². The van der Waals surface area contributed by atoms with E-state index in [1.807, 2.05) is 18.2 Å². The first kappa shape index (κ1) is 14.3. The second-order valence-corrected chi connectivity index (χ2v) is 4.98. The quantitative estimate of drug-likeness (QED) is 0.740. The summed E-state index contributed by atoms with van der Waals surface area (Å²) in [5, 5.41) is 4.27. The average molecular weight is 252 g/mol. The summed E-state index contributed by atoms with van der Waals surface area (Å²) >= 11 is 6.17. The number of hydrogen-bond acceptors (Lipinski definition) is 1. The van der Waals surface area contributed by atoms with Crippen LogP contribution < -0.4 is 5.32 Å². The standard InChI is InChI=1S/C15H22ClN/c1-4-9-17-11-14(12(2)3)10-13-7-5-6-8-15(13)16/h5-8,10,12,17H,4,9,11H2,1-3H3. The van der Waals surface area contributed by atoms with Crippen molar-refractivity contribution in [2.45, 2.75) is 27.2 Å². The highest BCUT2D eigenvalue weighted by Gasteiger charge is 2.04. The summed E-state index contributed by atoms with van der Waals surface area (Å²) in [7, 11) is 0. The molecule has 0 aliphatic carbocycles. The minimum absolute atomic E-state index is 0.538. The lowest BCUT2D eigenvalue weighted by molar-refractivity contribution is 0.657. The highest BCUT2D eigenvalue weighted by molar-refractivity contribution is 6.32. The van der Waals surface area contributed by atoms with Crippen LogP contribution in [0.2, 0.25) is 5.02 Å². The van der Waals surface area contributed by atoms with E-state index in [1.165, 1.54) is 5.57 Å². The van der Waals surface area contributed by atoms with E-state index in [0.717, 1.165) is 30.1 Å². The molecule has 0 bridgehead atoms. The number of nitrogens with one attached hydrogen (secondary N) is 1. The fourth-order valence-electron chi connectivity index (χ4n) is 1.62. The lowest BCUT2D eigenvalue weighted by atomic mass is 10.00. The first-order chi connectivity index (χ1) is 8.15. The van der Waals surface area contributed by atoms with Gasteiger partial charge in [0.25, 0.3) is 0 Å². The van der Waals surface area contributed by atoms with Gasteiger partial charge in [0.05, 0.1) is 0 Å². The van der Waals surface area contributed by atoms with Gasteiger partial charge in [-0.25, -0.2) is 0 Å². The van der Waals surface area contributed by atoms with Crippen LogP contribution in [0.25, 0.3) is 6.08 Å². The molecule has 0 aliphatic rings. The van der Waals surface area contributed by atoms with Crippen molar-refractivity contribution in [3.8, 4) is 0 Å². The van der Waals surface area contributed by atoms with Crippen molar-refractivity contribution in [2.24, 2.45) is 5.92 Å². The summed E-state index contributed by atoms with van der Waals surface area (Å²) in [6.45, 7) is 8.62. The first-order valence-electron chi connectivity index (χ1n) is 6.30. The Morgan fingerprint density at radius 3 is 2.65 bits per heavy atom. The molecule has 0 radical (unpaired) electrons. The van der Waals surface area contributed by atoms with E-state index in [0.29, 0.717) is 5.92 Å². The van der Waals surface area contributed by atoms with E-state index in [-0.39, 0.29) is 0 Å². The number of benzene rings is 1. The van der Waals surface area contributed by atoms with Gasteiger partial charge in [0.15, 0.2) is 0 Å². The number of hydrogen-bond donors (Lipinski definition) is 1. The molecule has 0 aromatic heterocycles. The van der Waals surface area contributed by atoms with Crippen molar-refractivity contribution < 1.29 is 0 Å². The predicted molar refractivity (Wildman–Crippen MR) is 77.4 cm³/mol. The Labute approximate surface area is 110 Å². The molecule has 1 N–H and O–H groups in total. The largest absolute Gasteiger partial charge is 0.313 e. The van der Waals surface area contributed by atoms with E-state index in [4.69, 9.17) is 11.6 Å². The van der Waals surface area contributed by atoms with Crippen LogP contribution in [0.15, 0.2) is 29.8 Å². The van der Waals surface area contributed by atoms with Gasteiger partial charge in [0, 0.05) is 11.6 Å². The molecule has 0 heterocycles. The third-order valence-corrected chi connectivity index (χ3v) is 3.09. The summed E-state index contributed by atoms with van der Waals surface area (Å²) in [5.41, 5.74) is 2.50. The third-order valence-electron chi connectivity index (χ3n) is 2.74. The fourth-order valence-corrected chi connectivity index (χ4v) is 1.81. The van der Waals surface area contributed by atoms with Gasteiger partial charge in [-0.05, 0) is 30.5 Å². The van der Waals surface area contributed by atoms with Crippen molar-refractivity contribution in [2.75, 3.05) is 13.1 Å². The zero-order valence-corrected chi connectivity index (χ0v) is 11.7. The maximum atomic E-state index is 6.17. The maximum Gasteiger partial charge on any atom is 0.0478 e. The molecular weight excluding hydrogens is 230 g/mol. The van der Waals surface area contributed by atoms with Crippen molar-refractivity contribution >= 4 is 17.7 Å². The van der Waals surface area contributed by atoms with Crippen LogP contribution in [0.1, 0.15) is 32.8 Å². The van der Waals surface area contributed by atoms with Crippen LogP contribution in [0.3, 0.4) is 0 Å². The van der Waals surface area contributed by atoms with E-state index in [2.05, 4.69) is 38.2 Å². The Balaban J connectivity index is 2.79. The fraction of sp³-hybridized carbons (Fsp3) is 0.467. The molecule has 0 unspecified atom stereocenters. The van der Waals surface area contributed by atoms with Gasteiger partial charge < -0.3 is 5.32 Å². The molecule has 17 heavy (non-hydrogen) atoms. The van der Waals surface area contributed by atoms with E-state index in [9.17, 15) is 0 Å². The van der Waals surface area contributed by atoms with Crippen LogP contribution in [0.4, 0.5) is 0 Å². The van der Waals surface area contributed by atoms with Crippen molar-refractivity contribution in [1.82, 2.24) is 5.32 Å². The average Bonchev–Trinajstić information content (AvgIpc) is 2.30. The maximum absolute atomic E-state index is 6.17. The molecule has 1 rings (SSSR count). The summed E-state index contributed by atoms with van der Waals surface area (Å²) < 4.78 is 0. The van der Waals surface area contributed by atoms with Crippen molar-refractivity contribution in [3.05, 3.63) is 40.4 Å². The molecule has 0 aliphatic heterocycles. The molecule has 94 valence electrons. The van der Waals surface area contributed by atoms with Crippen molar-refractivity contribution in [3.63, 3.8) is 0 Å². The molecule has 0 spiro atoms. The van der Waals surface area contributed by atoms with E-state index in [1.54, 1.807) is 0 Å². The third kappa shape index (κ3) is 4.93. The Kier molecular flexibility index (Phi) is 6.31. The topological polar surface area (TPSA) is 12.0 Å². The summed E-state index contributed by atoms with van der Waals surface area (Å²) in [6.07, 6.45) is 3.37. The smallest absolute Gasteiger partial charge is 0.0478 e. The molecular formula is C15H22ClN. The highest BCUT2D eigenvalue weighted by atomic mass is 35.5. The molecule has 2 heteroatoms. The van der Waals surface area contributed by atoms with Gasteiger partial charge in [-0.3, -0.25) is 0 Å². The molecule has 1 aromatic rings. The van der Waals surface area contributed by atoms with Crippen molar-refractivity contribution in [1.29, 1.82) is 0 Å². The zero-order valence-electron chi connectivity index (χ0n) is 11.0. The molecule has 0 saturated heterocycles. The predicted octanol–water partition coefficient (Wildman–Crippen LogP) is 4.38. The highest BCUT2D eigenvalue weighted by Crippen LogP contribution is 2.20. The molecule has 0 atom stereocenters. The molecule has 0 saturated carbocycles. The van der Waals surface area contributed by atoms with E-state index >= 15 is 0 Å². The monoisotopic (exact) mass is 251 g/mol. The summed E-state index contributed by atoms with van der Waals surface area (Å²) in [4.78, 5) is 0. The van der Waals surface area contributed by atoms with Gasteiger partial charge in [0.2, 0.25) is 0 Å². The van der Waals surface area contributed by atoms with Gasteiger partial charge in [-0.1, -0.05) is 62.2 Å². The Bertz CT molecular complexity index is 369. The van der Waals surface area contributed by atoms with Crippen LogP contribution in [-0.2, 0) is 0 Å². The van der Waals surface area contributed by atoms with Gasteiger partial charge in [-0.2, -0.15) is 0 Å². The van der Waals surface area contributed by atoms with Gasteiger partial charge >= 0.3 is 0 Å². The van der Waals surface area contributed by atoms with Gasteiger partial charge in [-0.15, -0.1) is 0 Å². The van der Waals surface area contributed by atoms with Crippen LogP contribution in [0, 0.1) is 5.92 Å². The minimum Gasteiger partial charge on any atom is -0.313 e. The lowest BCUT2D eigenvalue weighted by Crippen LogP contribution is -2.19. The number of halogens is 1. The number of rotatable bonds is 6. The first-order valence-corrected chi connectivity index (χ1v) is 6.68. The molecule has 0 fully saturated rings. The molecule has 0 amide bonds. The SMILES string of the molecule is CCCNCC(=Cc1ccccc1Cl)C(C)C. The minimum atomic E-state index is 0.538. The second kappa shape index (κ2) is 7.52. The lowest BCUT2D eigenvalue weighted by Gasteiger charge is -2.13. The normalized spacial score (nSPS) is 12.2. The zero-order chi connectivity index (χ0) is 12.7. The van der Waals surface area contributed by atoms with Crippen LogP contribution in [-0.4, -0.2) is 13.1 Å².